The fourth-order valence-corrected chi connectivity index (χ4v) is 3.74. The van der Waals surface area contributed by atoms with Gasteiger partial charge >= 0.3 is 0 Å². The third-order valence-corrected chi connectivity index (χ3v) is 5.48. The quantitative estimate of drug-likeness (QED) is 0.481. The average molecular weight is 463 g/mol. The van der Waals surface area contributed by atoms with Gasteiger partial charge in [0, 0.05) is 19.0 Å². The van der Waals surface area contributed by atoms with E-state index in [1.54, 1.807) is 36.3 Å². The van der Waals surface area contributed by atoms with E-state index < -0.39 is 6.04 Å². The van der Waals surface area contributed by atoms with Gasteiger partial charge in [-0.25, -0.2) is 4.39 Å². The van der Waals surface area contributed by atoms with Gasteiger partial charge in [-0.05, 0) is 54.8 Å². The number of nitrogens with one attached hydrogen (secondary N) is 1. The molecule has 0 spiro atoms. The molecule has 0 bridgehead atoms. The summed E-state index contributed by atoms with van der Waals surface area (Å²) in [4.78, 5) is 28.5. The summed E-state index contributed by atoms with van der Waals surface area (Å²) >= 11 is 0. The summed E-state index contributed by atoms with van der Waals surface area (Å²) in [6, 6.07) is 22.1. The highest BCUT2D eigenvalue weighted by Crippen LogP contribution is 2.18. The van der Waals surface area contributed by atoms with Crippen LogP contribution >= 0.6 is 0 Å². The van der Waals surface area contributed by atoms with E-state index in [0.29, 0.717) is 12.2 Å². The molecule has 2 amide bonds. The molecule has 1 N–H and O–H groups in total. The van der Waals surface area contributed by atoms with E-state index in [-0.39, 0.29) is 36.6 Å². The number of hydrogen-bond acceptors (Lipinski definition) is 3. The second kappa shape index (κ2) is 12.0. The van der Waals surface area contributed by atoms with Gasteiger partial charge in [-0.1, -0.05) is 54.6 Å². The highest BCUT2D eigenvalue weighted by atomic mass is 19.1. The van der Waals surface area contributed by atoms with Crippen molar-refractivity contribution in [2.75, 3.05) is 7.11 Å². The molecular weight excluding hydrogens is 431 g/mol. The normalized spacial score (nSPS) is 11.7. The Morgan fingerprint density at radius 3 is 2.09 bits per heavy atom. The van der Waals surface area contributed by atoms with E-state index in [1.165, 1.54) is 12.1 Å². The van der Waals surface area contributed by atoms with E-state index in [2.05, 4.69) is 5.32 Å². The van der Waals surface area contributed by atoms with Crippen molar-refractivity contribution < 1.29 is 18.7 Å². The molecule has 3 rings (SSSR count). The monoisotopic (exact) mass is 462 g/mol. The van der Waals surface area contributed by atoms with E-state index >= 15 is 0 Å². The van der Waals surface area contributed by atoms with Crippen LogP contribution in [0.25, 0.3) is 0 Å². The van der Waals surface area contributed by atoms with Crippen LogP contribution in [0.2, 0.25) is 0 Å². The second-order valence-corrected chi connectivity index (χ2v) is 8.54. The van der Waals surface area contributed by atoms with E-state index in [1.807, 2.05) is 56.3 Å². The molecule has 6 heteroatoms. The van der Waals surface area contributed by atoms with Crippen LogP contribution in [0.4, 0.5) is 4.39 Å². The van der Waals surface area contributed by atoms with Gasteiger partial charge in [-0.15, -0.1) is 0 Å². The SMILES string of the molecule is COc1ccc(CC(=O)N(Cc2ccc(F)cc2)[C@@H](Cc2ccccc2)C(=O)NC(C)C)cc1. The topological polar surface area (TPSA) is 58.6 Å². The number of amides is 2. The lowest BCUT2D eigenvalue weighted by Crippen LogP contribution is -2.52. The number of halogens is 1. The summed E-state index contributed by atoms with van der Waals surface area (Å²) in [5.41, 5.74) is 2.52. The number of carbonyl (C=O) groups excluding carboxylic acids is 2. The van der Waals surface area contributed by atoms with Crippen LogP contribution in [0.1, 0.15) is 30.5 Å². The summed E-state index contributed by atoms with van der Waals surface area (Å²) < 4.78 is 18.7. The number of benzene rings is 3. The molecule has 0 heterocycles. The average Bonchev–Trinajstić information content (AvgIpc) is 2.83. The van der Waals surface area contributed by atoms with Crippen LogP contribution < -0.4 is 10.1 Å². The summed E-state index contributed by atoms with van der Waals surface area (Å²) in [5, 5.41) is 2.96. The molecule has 0 saturated carbocycles. The van der Waals surface area contributed by atoms with Crippen LogP contribution in [-0.2, 0) is 29.0 Å². The second-order valence-electron chi connectivity index (χ2n) is 8.54. The van der Waals surface area contributed by atoms with Crippen molar-refractivity contribution in [1.82, 2.24) is 10.2 Å². The van der Waals surface area contributed by atoms with Crippen molar-refractivity contribution >= 4 is 11.8 Å². The first kappa shape index (κ1) is 25.0. The number of rotatable bonds is 10. The van der Waals surface area contributed by atoms with E-state index in [9.17, 15) is 14.0 Å². The number of nitrogens with zero attached hydrogens (tertiary/aromatic N) is 1. The van der Waals surface area contributed by atoms with Crippen LogP contribution in [0.5, 0.6) is 5.75 Å². The van der Waals surface area contributed by atoms with Crippen molar-refractivity contribution in [2.24, 2.45) is 0 Å². The molecule has 0 aliphatic rings. The largest absolute Gasteiger partial charge is 0.497 e. The van der Waals surface area contributed by atoms with Crippen molar-refractivity contribution in [1.29, 1.82) is 0 Å². The third kappa shape index (κ3) is 7.17. The van der Waals surface area contributed by atoms with Crippen LogP contribution in [0.3, 0.4) is 0 Å². The Hall–Kier alpha value is -3.67. The Morgan fingerprint density at radius 2 is 1.50 bits per heavy atom. The van der Waals surface area contributed by atoms with Gasteiger partial charge in [0.2, 0.25) is 11.8 Å². The maximum absolute atomic E-state index is 13.6. The van der Waals surface area contributed by atoms with E-state index in [4.69, 9.17) is 4.74 Å². The standard InChI is InChI=1S/C28H31FN2O3/c1-20(2)30-28(33)26(17-21-7-5-4-6-8-21)31(19-23-9-13-24(29)14-10-23)27(32)18-22-11-15-25(34-3)16-12-22/h4-16,20,26H,17-19H2,1-3H3,(H,30,33)/t26-/m0/s1. The molecule has 0 radical (unpaired) electrons. The predicted molar refractivity (Wildman–Crippen MR) is 131 cm³/mol. The molecule has 0 fully saturated rings. The Kier molecular flexibility index (Phi) is 8.79. The molecule has 5 nitrogen and oxygen atoms in total. The Labute approximate surface area is 200 Å². The molecule has 3 aromatic rings. The van der Waals surface area contributed by atoms with Crippen LogP contribution in [-0.4, -0.2) is 35.9 Å². The van der Waals surface area contributed by atoms with Crippen molar-refractivity contribution in [2.45, 2.75) is 45.3 Å². The van der Waals surface area contributed by atoms with Gasteiger partial charge in [0.1, 0.15) is 17.6 Å². The first-order chi connectivity index (χ1) is 16.4. The molecule has 0 unspecified atom stereocenters. The number of methoxy groups -OCH3 is 1. The highest BCUT2D eigenvalue weighted by molar-refractivity contribution is 5.89. The highest BCUT2D eigenvalue weighted by Gasteiger charge is 2.30. The van der Waals surface area contributed by atoms with Gasteiger partial charge in [0.25, 0.3) is 0 Å². The first-order valence-electron chi connectivity index (χ1n) is 11.4. The molecule has 0 aliphatic heterocycles. The van der Waals surface area contributed by atoms with Gasteiger partial charge in [0.15, 0.2) is 0 Å². The summed E-state index contributed by atoms with van der Waals surface area (Å²) in [6.45, 7) is 3.97. The number of hydrogen-bond donors (Lipinski definition) is 1. The minimum Gasteiger partial charge on any atom is -0.497 e. The van der Waals surface area contributed by atoms with E-state index in [0.717, 1.165) is 16.7 Å². The lowest BCUT2D eigenvalue weighted by atomic mass is 10.0. The number of ether oxygens (including phenoxy) is 1. The third-order valence-electron chi connectivity index (χ3n) is 5.48. The Balaban J connectivity index is 1.94. The van der Waals surface area contributed by atoms with Crippen molar-refractivity contribution in [3.63, 3.8) is 0 Å². The summed E-state index contributed by atoms with van der Waals surface area (Å²) in [6.07, 6.45) is 0.500. The molecule has 0 aliphatic carbocycles. The lowest BCUT2D eigenvalue weighted by molar-refractivity contribution is -0.141. The van der Waals surface area contributed by atoms with Crippen molar-refractivity contribution in [3.8, 4) is 5.75 Å². The molecular formula is C28H31FN2O3. The fourth-order valence-electron chi connectivity index (χ4n) is 3.74. The maximum Gasteiger partial charge on any atom is 0.243 e. The minimum absolute atomic E-state index is 0.0739. The molecule has 0 saturated heterocycles. The zero-order valence-corrected chi connectivity index (χ0v) is 19.8. The smallest absolute Gasteiger partial charge is 0.243 e. The minimum atomic E-state index is -0.722. The van der Waals surface area contributed by atoms with Crippen LogP contribution in [0, 0.1) is 5.82 Å². The Bertz CT molecular complexity index is 1070. The molecule has 0 aromatic heterocycles. The van der Waals surface area contributed by atoms with Gasteiger partial charge in [0.05, 0.1) is 13.5 Å². The van der Waals surface area contributed by atoms with Gasteiger partial charge in [-0.2, -0.15) is 0 Å². The van der Waals surface area contributed by atoms with Crippen LogP contribution in [0.15, 0.2) is 78.9 Å². The summed E-state index contributed by atoms with van der Waals surface area (Å²) in [5.74, 6) is -0.0470. The Morgan fingerprint density at radius 1 is 0.882 bits per heavy atom. The molecule has 178 valence electrons. The zero-order chi connectivity index (χ0) is 24.5. The lowest BCUT2D eigenvalue weighted by Gasteiger charge is -2.32. The van der Waals surface area contributed by atoms with Gasteiger partial charge < -0.3 is 15.0 Å². The first-order valence-corrected chi connectivity index (χ1v) is 11.4. The van der Waals surface area contributed by atoms with Crippen molar-refractivity contribution in [3.05, 3.63) is 101 Å². The fraction of sp³-hybridized carbons (Fsp3) is 0.286. The molecule has 3 aromatic carbocycles. The number of carbonyl (C=O) groups is 2. The predicted octanol–water partition coefficient (Wildman–Crippen LogP) is 4.54. The molecule has 1 atom stereocenters. The van der Waals surface area contributed by atoms with Gasteiger partial charge in [-0.3, -0.25) is 9.59 Å². The summed E-state index contributed by atoms with van der Waals surface area (Å²) in [7, 11) is 1.59. The molecule has 34 heavy (non-hydrogen) atoms. The maximum atomic E-state index is 13.6. The zero-order valence-electron chi connectivity index (χ0n) is 19.8.